The van der Waals surface area contributed by atoms with Crippen LogP contribution in [0.25, 0.3) is 0 Å². The van der Waals surface area contributed by atoms with Crippen molar-refractivity contribution in [3.8, 4) is 0 Å². The predicted octanol–water partition coefficient (Wildman–Crippen LogP) is 3.22. The van der Waals surface area contributed by atoms with Crippen LogP contribution in [-0.2, 0) is 9.53 Å². The zero-order chi connectivity index (χ0) is 17.2. The Bertz CT molecular complexity index is 493. The molecule has 1 rings (SSSR count). The van der Waals surface area contributed by atoms with E-state index in [1.807, 2.05) is 0 Å². The van der Waals surface area contributed by atoms with Crippen LogP contribution < -0.4 is 0 Å². The second-order valence-corrected chi connectivity index (χ2v) is 5.71. The van der Waals surface area contributed by atoms with Gasteiger partial charge in [0.05, 0.1) is 19.1 Å². The molecule has 0 aliphatic rings. The Hall–Kier alpha value is -1.46. The molecule has 1 aromatic rings. The molecule has 1 unspecified atom stereocenters. The van der Waals surface area contributed by atoms with E-state index in [2.05, 4.69) is 11.8 Å². The number of hydrogen-bond donors (Lipinski definition) is 1. The summed E-state index contributed by atoms with van der Waals surface area (Å²) in [5, 5.41) is 10.3. The SMILES string of the molecule is CCCN(CCC(=O)OCC)CCC(O)c1ccc(F)c(C)c1. The molecule has 0 spiro atoms. The summed E-state index contributed by atoms with van der Waals surface area (Å²) in [5.41, 5.74) is 1.26. The highest BCUT2D eigenvalue weighted by molar-refractivity contribution is 5.69. The van der Waals surface area contributed by atoms with Gasteiger partial charge in [-0.15, -0.1) is 0 Å². The van der Waals surface area contributed by atoms with Gasteiger partial charge in [-0.05, 0) is 50.4 Å². The number of ether oxygens (including phenoxy) is 1. The first-order valence-electron chi connectivity index (χ1n) is 8.30. The summed E-state index contributed by atoms with van der Waals surface area (Å²) in [6.45, 7) is 8.14. The summed E-state index contributed by atoms with van der Waals surface area (Å²) >= 11 is 0. The van der Waals surface area contributed by atoms with Crippen LogP contribution in [-0.4, -0.2) is 42.2 Å². The maximum absolute atomic E-state index is 13.3. The number of carbonyl (C=O) groups excluding carboxylic acids is 1. The highest BCUT2D eigenvalue weighted by Crippen LogP contribution is 2.20. The monoisotopic (exact) mass is 325 g/mol. The molecule has 0 amide bonds. The minimum Gasteiger partial charge on any atom is -0.466 e. The van der Waals surface area contributed by atoms with Gasteiger partial charge in [-0.2, -0.15) is 0 Å². The Labute approximate surface area is 138 Å². The third-order valence-electron chi connectivity index (χ3n) is 3.76. The average molecular weight is 325 g/mol. The average Bonchev–Trinajstić information content (AvgIpc) is 2.52. The Morgan fingerprint density at radius 1 is 1.30 bits per heavy atom. The molecule has 1 N–H and O–H groups in total. The van der Waals surface area contributed by atoms with Crippen molar-refractivity contribution in [2.45, 2.75) is 46.1 Å². The normalized spacial score (nSPS) is 12.4. The topological polar surface area (TPSA) is 49.8 Å². The number of halogens is 1. The second-order valence-electron chi connectivity index (χ2n) is 5.71. The smallest absolute Gasteiger partial charge is 0.307 e. The second kappa shape index (κ2) is 10.3. The van der Waals surface area contributed by atoms with Gasteiger partial charge in [0.15, 0.2) is 0 Å². The van der Waals surface area contributed by atoms with Crippen molar-refractivity contribution in [3.63, 3.8) is 0 Å². The lowest BCUT2D eigenvalue weighted by molar-refractivity contribution is -0.143. The number of aliphatic hydroxyl groups is 1. The van der Waals surface area contributed by atoms with Gasteiger partial charge in [0.1, 0.15) is 5.82 Å². The van der Waals surface area contributed by atoms with E-state index in [0.29, 0.717) is 38.1 Å². The van der Waals surface area contributed by atoms with E-state index in [-0.39, 0.29) is 11.8 Å². The summed E-state index contributed by atoms with van der Waals surface area (Å²) in [5.74, 6) is -0.452. The molecule has 0 radical (unpaired) electrons. The van der Waals surface area contributed by atoms with Crippen LogP contribution in [0.2, 0.25) is 0 Å². The van der Waals surface area contributed by atoms with Crippen LogP contribution in [0, 0.1) is 12.7 Å². The standard InChI is InChI=1S/C18H28FNO3/c1-4-10-20(12-9-18(22)23-5-2)11-8-17(21)15-6-7-16(19)14(3)13-15/h6-7,13,17,21H,4-5,8-12H2,1-3H3. The lowest BCUT2D eigenvalue weighted by Crippen LogP contribution is -2.29. The fourth-order valence-corrected chi connectivity index (χ4v) is 2.48. The third kappa shape index (κ3) is 7.10. The number of hydrogen-bond acceptors (Lipinski definition) is 4. The fourth-order valence-electron chi connectivity index (χ4n) is 2.48. The first kappa shape index (κ1) is 19.6. The van der Waals surface area contributed by atoms with Gasteiger partial charge in [-0.3, -0.25) is 4.79 Å². The van der Waals surface area contributed by atoms with Gasteiger partial charge in [-0.1, -0.05) is 19.1 Å². The minimum atomic E-state index is -0.628. The number of aliphatic hydroxyl groups excluding tert-OH is 1. The molecule has 0 heterocycles. The molecule has 0 aliphatic heterocycles. The first-order chi connectivity index (χ1) is 11.0. The van der Waals surface area contributed by atoms with Gasteiger partial charge in [-0.25, -0.2) is 4.39 Å². The lowest BCUT2D eigenvalue weighted by atomic mass is 10.0. The van der Waals surface area contributed by atoms with E-state index in [1.54, 1.807) is 26.0 Å². The van der Waals surface area contributed by atoms with Gasteiger partial charge in [0, 0.05) is 13.1 Å². The molecule has 23 heavy (non-hydrogen) atoms. The summed E-state index contributed by atoms with van der Waals surface area (Å²) in [7, 11) is 0. The molecule has 5 heteroatoms. The van der Waals surface area contributed by atoms with Crippen molar-refractivity contribution in [1.82, 2.24) is 4.90 Å². The van der Waals surface area contributed by atoms with Crippen LogP contribution >= 0.6 is 0 Å². The molecular weight excluding hydrogens is 297 g/mol. The molecule has 0 fully saturated rings. The summed E-state index contributed by atoms with van der Waals surface area (Å²) in [4.78, 5) is 13.6. The minimum absolute atomic E-state index is 0.191. The quantitative estimate of drug-likeness (QED) is 0.671. The molecule has 1 aromatic carbocycles. The van der Waals surface area contributed by atoms with Crippen molar-refractivity contribution in [3.05, 3.63) is 35.1 Å². The number of nitrogens with zero attached hydrogens (tertiary/aromatic N) is 1. The van der Waals surface area contributed by atoms with Crippen LogP contribution in [0.3, 0.4) is 0 Å². The van der Waals surface area contributed by atoms with Gasteiger partial charge >= 0.3 is 5.97 Å². The number of carbonyl (C=O) groups is 1. The summed E-state index contributed by atoms with van der Waals surface area (Å²) < 4.78 is 18.2. The number of benzene rings is 1. The Balaban J connectivity index is 2.49. The molecular formula is C18H28FNO3. The molecule has 0 aromatic heterocycles. The van der Waals surface area contributed by atoms with E-state index >= 15 is 0 Å². The van der Waals surface area contributed by atoms with Gasteiger partial charge in [0.25, 0.3) is 0 Å². The third-order valence-corrected chi connectivity index (χ3v) is 3.76. The van der Waals surface area contributed by atoms with Crippen LogP contribution in [0.4, 0.5) is 4.39 Å². The molecule has 4 nitrogen and oxygen atoms in total. The predicted molar refractivity (Wildman–Crippen MR) is 88.7 cm³/mol. The van der Waals surface area contributed by atoms with Crippen LogP contribution in [0.5, 0.6) is 0 Å². The molecule has 0 saturated heterocycles. The maximum Gasteiger partial charge on any atom is 0.307 e. The van der Waals surface area contributed by atoms with E-state index in [0.717, 1.165) is 18.5 Å². The Morgan fingerprint density at radius 3 is 2.65 bits per heavy atom. The van der Waals surface area contributed by atoms with Gasteiger partial charge < -0.3 is 14.7 Å². The number of aryl methyl sites for hydroxylation is 1. The van der Waals surface area contributed by atoms with E-state index in [1.165, 1.54) is 6.07 Å². The van der Waals surface area contributed by atoms with Crippen molar-refractivity contribution in [2.24, 2.45) is 0 Å². The fraction of sp³-hybridized carbons (Fsp3) is 0.611. The van der Waals surface area contributed by atoms with Crippen molar-refractivity contribution in [1.29, 1.82) is 0 Å². The molecule has 0 aliphatic carbocycles. The molecule has 0 saturated carbocycles. The highest BCUT2D eigenvalue weighted by Gasteiger charge is 2.13. The summed E-state index contributed by atoms with van der Waals surface area (Å²) in [6.07, 6.45) is 1.26. The molecule has 1 atom stereocenters. The highest BCUT2D eigenvalue weighted by atomic mass is 19.1. The van der Waals surface area contributed by atoms with Crippen molar-refractivity contribution < 1.29 is 19.0 Å². The Morgan fingerprint density at radius 2 is 2.04 bits per heavy atom. The van der Waals surface area contributed by atoms with E-state index in [9.17, 15) is 14.3 Å². The zero-order valence-corrected chi connectivity index (χ0v) is 14.3. The van der Waals surface area contributed by atoms with Crippen LogP contribution in [0.1, 0.15) is 50.3 Å². The lowest BCUT2D eigenvalue weighted by Gasteiger charge is -2.23. The first-order valence-corrected chi connectivity index (χ1v) is 8.30. The van der Waals surface area contributed by atoms with Crippen molar-refractivity contribution in [2.75, 3.05) is 26.2 Å². The van der Waals surface area contributed by atoms with Crippen LogP contribution in [0.15, 0.2) is 18.2 Å². The number of esters is 1. The van der Waals surface area contributed by atoms with Crippen molar-refractivity contribution >= 4 is 5.97 Å². The van der Waals surface area contributed by atoms with E-state index < -0.39 is 6.10 Å². The summed E-state index contributed by atoms with van der Waals surface area (Å²) in [6, 6.07) is 4.69. The maximum atomic E-state index is 13.3. The Kier molecular flexibility index (Phi) is 8.81. The van der Waals surface area contributed by atoms with E-state index in [4.69, 9.17) is 4.74 Å². The largest absolute Gasteiger partial charge is 0.466 e. The molecule has 130 valence electrons. The zero-order valence-electron chi connectivity index (χ0n) is 14.3. The number of rotatable bonds is 10. The van der Waals surface area contributed by atoms with Gasteiger partial charge in [0.2, 0.25) is 0 Å². The molecule has 0 bridgehead atoms.